The van der Waals surface area contributed by atoms with Gasteiger partial charge in [-0.25, -0.2) is 4.79 Å². The Kier molecular flexibility index (Phi) is 19.3. The zero-order chi connectivity index (χ0) is 21.8. The van der Waals surface area contributed by atoms with Gasteiger partial charge in [0.1, 0.15) is 5.60 Å². The van der Waals surface area contributed by atoms with Crippen LogP contribution < -0.4 is 5.32 Å². The number of aliphatic hydroxyl groups excluding tert-OH is 1. The first kappa shape index (κ1) is 28.6. The molecule has 0 aliphatic rings. The number of nitrogens with one attached hydrogen (secondary N) is 1. The third kappa shape index (κ3) is 22.1. The number of thioether (sulfide) groups is 1. The number of ether oxygens (including phenoxy) is 1. The molecule has 4 nitrogen and oxygen atoms in total. The number of unbranched alkanes of at least 4 members (excludes halogenated alkanes) is 13. The average molecular weight is 432 g/mol. The van der Waals surface area contributed by atoms with Crippen molar-refractivity contribution in [1.29, 1.82) is 0 Å². The highest BCUT2D eigenvalue weighted by molar-refractivity contribution is 7.99. The summed E-state index contributed by atoms with van der Waals surface area (Å²) in [6, 6.07) is -0.235. The van der Waals surface area contributed by atoms with Gasteiger partial charge in [0.25, 0.3) is 0 Å². The molecule has 0 spiro atoms. The van der Waals surface area contributed by atoms with E-state index in [4.69, 9.17) is 4.74 Å². The number of amides is 1. The SMILES string of the molecule is CCCCCCCCCCCCCCCCSC[C@H](CO)NC(=O)OC(C)(C)C. The molecule has 0 bridgehead atoms. The first-order chi connectivity index (χ1) is 13.9. The summed E-state index contributed by atoms with van der Waals surface area (Å²) >= 11 is 1.80. The lowest BCUT2D eigenvalue weighted by molar-refractivity contribution is 0.0491. The van der Waals surface area contributed by atoms with E-state index in [1.807, 2.05) is 20.8 Å². The maximum absolute atomic E-state index is 11.7. The first-order valence-electron chi connectivity index (χ1n) is 12.1. The van der Waals surface area contributed by atoms with Crippen LogP contribution >= 0.6 is 11.8 Å². The summed E-state index contributed by atoms with van der Waals surface area (Å²) in [6.45, 7) is 7.74. The van der Waals surface area contributed by atoms with Gasteiger partial charge >= 0.3 is 6.09 Å². The Bertz CT molecular complexity index is 372. The van der Waals surface area contributed by atoms with E-state index in [9.17, 15) is 9.90 Å². The van der Waals surface area contributed by atoms with Crippen molar-refractivity contribution in [1.82, 2.24) is 5.32 Å². The fourth-order valence-electron chi connectivity index (χ4n) is 3.24. The van der Waals surface area contributed by atoms with Crippen LogP contribution in [0.4, 0.5) is 4.79 Å². The quantitative estimate of drug-likeness (QED) is 0.214. The van der Waals surface area contributed by atoms with Crippen molar-refractivity contribution in [2.24, 2.45) is 0 Å². The Labute approximate surface area is 185 Å². The average Bonchev–Trinajstić information content (AvgIpc) is 2.65. The zero-order valence-electron chi connectivity index (χ0n) is 19.8. The third-order valence-corrected chi connectivity index (χ3v) is 6.12. The fourth-order valence-corrected chi connectivity index (χ4v) is 4.29. The number of alkyl carbamates (subject to hydrolysis) is 1. The summed E-state index contributed by atoms with van der Waals surface area (Å²) in [7, 11) is 0. The number of hydrogen-bond donors (Lipinski definition) is 2. The predicted molar refractivity (Wildman–Crippen MR) is 128 cm³/mol. The molecule has 5 heteroatoms. The molecular formula is C24H49NO3S. The molecule has 1 atom stereocenters. The minimum Gasteiger partial charge on any atom is -0.444 e. The molecule has 0 radical (unpaired) electrons. The Balaban J connectivity index is 3.38. The molecule has 0 saturated carbocycles. The molecule has 174 valence electrons. The molecular weight excluding hydrogens is 382 g/mol. The summed E-state index contributed by atoms with van der Waals surface area (Å²) in [5.41, 5.74) is -0.508. The van der Waals surface area contributed by atoms with E-state index in [1.54, 1.807) is 11.8 Å². The van der Waals surface area contributed by atoms with Gasteiger partial charge in [0.2, 0.25) is 0 Å². The van der Waals surface area contributed by atoms with Gasteiger partial charge in [0, 0.05) is 5.75 Å². The van der Waals surface area contributed by atoms with E-state index >= 15 is 0 Å². The van der Waals surface area contributed by atoms with Gasteiger partial charge in [-0.15, -0.1) is 0 Å². The molecule has 0 aromatic rings. The van der Waals surface area contributed by atoms with E-state index < -0.39 is 11.7 Å². The summed E-state index contributed by atoms with van der Waals surface area (Å²) in [6.07, 6.45) is 18.8. The van der Waals surface area contributed by atoms with E-state index in [1.165, 1.54) is 89.9 Å². The summed E-state index contributed by atoms with van der Waals surface area (Å²) in [5, 5.41) is 12.2. The topological polar surface area (TPSA) is 58.6 Å². The highest BCUT2D eigenvalue weighted by Crippen LogP contribution is 2.14. The third-order valence-electron chi connectivity index (χ3n) is 4.90. The maximum Gasteiger partial charge on any atom is 0.407 e. The van der Waals surface area contributed by atoms with Crippen molar-refractivity contribution in [3.63, 3.8) is 0 Å². The molecule has 0 aromatic carbocycles. The van der Waals surface area contributed by atoms with E-state index in [2.05, 4.69) is 12.2 Å². The molecule has 29 heavy (non-hydrogen) atoms. The van der Waals surface area contributed by atoms with Crippen LogP contribution in [0, 0.1) is 0 Å². The molecule has 0 aromatic heterocycles. The van der Waals surface area contributed by atoms with Crippen molar-refractivity contribution in [3.05, 3.63) is 0 Å². The van der Waals surface area contributed by atoms with Crippen LogP contribution in [0.1, 0.15) is 118 Å². The van der Waals surface area contributed by atoms with Crippen LogP contribution in [0.5, 0.6) is 0 Å². The van der Waals surface area contributed by atoms with Gasteiger partial charge in [-0.1, -0.05) is 90.4 Å². The second-order valence-electron chi connectivity index (χ2n) is 9.20. The first-order valence-corrected chi connectivity index (χ1v) is 13.2. The predicted octanol–water partition coefficient (Wildman–Crippen LogP) is 7.09. The lowest BCUT2D eigenvalue weighted by Gasteiger charge is -2.22. The normalized spacial score (nSPS) is 12.7. The number of rotatable bonds is 19. The van der Waals surface area contributed by atoms with Crippen LogP contribution in [0.25, 0.3) is 0 Å². The molecule has 0 aliphatic carbocycles. The van der Waals surface area contributed by atoms with Crippen LogP contribution in [0.3, 0.4) is 0 Å². The van der Waals surface area contributed by atoms with Gasteiger partial charge in [0.15, 0.2) is 0 Å². The second kappa shape index (κ2) is 19.5. The number of carbonyl (C=O) groups excluding carboxylic acids is 1. The van der Waals surface area contributed by atoms with Crippen molar-refractivity contribution in [2.75, 3.05) is 18.1 Å². The van der Waals surface area contributed by atoms with Gasteiger partial charge in [-0.05, 0) is 32.9 Å². The molecule has 0 fully saturated rings. The van der Waals surface area contributed by atoms with Crippen LogP contribution in [-0.2, 0) is 4.74 Å². The van der Waals surface area contributed by atoms with Gasteiger partial charge in [-0.2, -0.15) is 11.8 Å². The number of aliphatic hydroxyl groups is 1. The Morgan fingerprint density at radius 2 is 1.31 bits per heavy atom. The lowest BCUT2D eigenvalue weighted by Crippen LogP contribution is -2.42. The zero-order valence-corrected chi connectivity index (χ0v) is 20.6. The largest absolute Gasteiger partial charge is 0.444 e. The smallest absolute Gasteiger partial charge is 0.407 e. The van der Waals surface area contributed by atoms with Gasteiger partial charge in [-0.3, -0.25) is 0 Å². The monoisotopic (exact) mass is 431 g/mol. The number of carbonyl (C=O) groups is 1. The van der Waals surface area contributed by atoms with Crippen molar-refractivity contribution >= 4 is 17.9 Å². The molecule has 0 saturated heterocycles. The molecule has 0 aliphatic heterocycles. The van der Waals surface area contributed by atoms with Crippen molar-refractivity contribution in [2.45, 2.75) is 129 Å². The summed E-state index contributed by atoms with van der Waals surface area (Å²) < 4.78 is 5.23. The lowest BCUT2D eigenvalue weighted by atomic mass is 10.0. The Morgan fingerprint density at radius 1 is 0.862 bits per heavy atom. The van der Waals surface area contributed by atoms with Crippen LogP contribution in [0.15, 0.2) is 0 Å². The molecule has 1 amide bonds. The highest BCUT2D eigenvalue weighted by Gasteiger charge is 2.19. The maximum atomic E-state index is 11.7. The molecule has 2 N–H and O–H groups in total. The van der Waals surface area contributed by atoms with Crippen LogP contribution in [0.2, 0.25) is 0 Å². The van der Waals surface area contributed by atoms with Gasteiger partial charge < -0.3 is 15.2 Å². The van der Waals surface area contributed by atoms with Crippen molar-refractivity contribution in [3.8, 4) is 0 Å². The second-order valence-corrected chi connectivity index (χ2v) is 10.3. The van der Waals surface area contributed by atoms with Crippen molar-refractivity contribution < 1.29 is 14.6 Å². The van der Waals surface area contributed by atoms with E-state index in [-0.39, 0.29) is 12.6 Å². The Hall–Kier alpha value is -0.420. The summed E-state index contributed by atoms with van der Waals surface area (Å²) in [5.74, 6) is 1.82. The highest BCUT2D eigenvalue weighted by atomic mass is 32.2. The molecule has 0 unspecified atom stereocenters. The molecule has 0 heterocycles. The minimum atomic E-state index is -0.508. The fraction of sp³-hybridized carbons (Fsp3) is 0.958. The van der Waals surface area contributed by atoms with Gasteiger partial charge in [0.05, 0.1) is 12.6 Å². The summed E-state index contributed by atoms with van der Waals surface area (Å²) in [4.78, 5) is 11.7. The van der Waals surface area contributed by atoms with Crippen LogP contribution in [-0.4, -0.2) is 41.0 Å². The van der Waals surface area contributed by atoms with E-state index in [0.717, 1.165) is 11.5 Å². The Morgan fingerprint density at radius 3 is 1.72 bits per heavy atom. The van der Waals surface area contributed by atoms with E-state index in [0.29, 0.717) is 0 Å². The minimum absolute atomic E-state index is 0.0506. The molecule has 0 rings (SSSR count). The standard InChI is InChI=1S/C24H49NO3S/c1-5-6-7-8-9-10-11-12-13-14-15-16-17-18-19-29-21-22(20-26)25-23(27)28-24(2,3)4/h22,26H,5-21H2,1-4H3,(H,25,27)/t22-/m0/s1. The number of hydrogen-bond acceptors (Lipinski definition) is 4.